The van der Waals surface area contributed by atoms with Gasteiger partial charge in [-0.25, -0.2) is 8.42 Å². The molecule has 0 bridgehead atoms. The van der Waals surface area contributed by atoms with Crippen LogP contribution in [0.2, 0.25) is 5.02 Å². The zero-order valence-electron chi connectivity index (χ0n) is 21.4. The lowest BCUT2D eigenvalue weighted by Gasteiger charge is -2.53. The summed E-state index contributed by atoms with van der Waals surface area (Å²) in [6.07, 6.45) is 1.48. The molecule has 0 spiro atoms. The fourth-order valence-corrected chi connectivity index (χ4v) is 6.47. The number of aromatic nitrogens is 1. The SMILES string of the molecule is CC(=O)NC1(C)C(C(=O)CCS(=O)(=O)c2ccc3cc(Cl)ccc3c2)N(c2ccnc(C)c2)CCN1C. The lowest BCUT2D eigenvalue weighted by molar-refractivity contribution is -0.130. The van der Waals surface area contributed by atoms with Crippen LogP contribution in [0.25, 0.3) is 10.8 Å². The Morgan fingerprint density at radius 3 is 2.51 bits per heavy atom. The van der Waals surface area contributed by atoms with Gasteiger partial charge in [0.25, 0.3) is 0 Å². The molecule has 2 aromatic carbocycles. The maximum Gasteiger partial charge on any atom is 0.218 e. The predicted molar refractivity (Wildman–Crippen MR) is 146 cm³/mol. The molecule has 3 aromatic rings. The summed E-state index contributed by atoms with van der Waals surface area (Å²) in [6, 6.07) is 13.0. The van der Waals surface area contributed by atoms with E-state index in [2.05, 4.69) is 10.3 Å². The van der Waals surface area contributed by atoms with Gasteiger partial charge >= 0.3 is 0 Å². The molecule has 196 valence electrons. The number of likely N-dealkylation sites (N-methyl/N-ethyl adjacent to an activating group) is 1. The van der Waals surface area contributed by atoms with Gasteiger partial charge in [0.15, 0.2) is 15.6 Å². The van der Waals surface area contributed by atoms with Crippen LogP contribution in [0, 0.1) is 6.92 Å². The minimum absolute atomic E-state index is 0.155. The largest absolute Gasteiger partial charge is 0.357 e. The molecule has 1 amide bonds. The van der Waals surface area contributed by atoms with Crippen LogP contribution < -0.4 is 10.2 Å². The summed E-state index contributed by atoms with van der Waals surface area (Å²) in [5.74, 6) is -0.887. The molecule has 8 nitrogen and oxygen atoms in total. The van der Waals surface area contributed by atoms with Crippen molar-refractivity contribution in [2.75, 3.05) is 30.8 Å². The van der Waals surface area contributed by atoms with Crippen LogP contribution in [0.5, 0.6) is 0 Å². The molecule has 2 atom stereocenters. The molecular formula is C27H31ClN4O4S. The van der Waals surface area contributed by atoms with Gasteiger partial charge in [-0.3, -0.25) is 19.5 Å². The maximum atomic E-state index is 13.8. The Morgan fingerprint density at radius 1 is 1.11 bits per heavy atom. The summed E-state index contributed by atoms with van der Waals surface area (Å²) in [4.78, 5) is 34.3. The van der Waals surface area contributed by atoms with Crippen LogP contribution >= 0.6 is 11.6 Å². The number of rotatable bonds is 7. The number of hydrogen-bond donors (Lipinski definition) is 1. The highest BCUT2D eigenvalue weighted by atomic mass is 35.5. The molecule has 37 heavy (non-hydrogen) atoms. The van der Waals surface area contributed by atoms with E-state index in [0.717, 1.165) is 22.2 Å². The van der Waals surface area contributed by atoms with Gasteiger partial charge in [0, 0.05) is 49.0 Å². The highest BCUT2D eigenvalue weighted by molar-refractivity contribution is 7.91. The molecule has 10 heteroatoms. The van der Waals surface area contributed by atoms with E-state index in [9.17, 15) is 18.0 Å². The van der Waals surface area contributed by atoms with Crippen molar-refractivity contribution in [1.29, 1.82) is 0 Å². The van der Waals surface area contributed by atoms with Gasteiger partial charge in [-0.1, -0.05) is 23.7 Å². The maximum absolute atomic E-state index is 13.8. The molecule has 1 aliphatic rings. The van der Waals surface area contributed by atoms with Crippen molar-refractivity contribution in [3.63, 3.8) is 0 Å². The minimum Gasteiger partial charge on any atom is -0.357 e. The number of nitrogens with one attached hydrogen (secondary N) is 1. The highest BCUT2D eigenvalue weighted by Gasteiger charge is 2.49. The van der Waals surface area contributed by atoms with Crippen LogP contribution in [0.1, 0.15) is 26.0 Å². The molecule has 2 unspecified atom stereocenters. The summed E-state index contributed by atoms with van der Waals surface area (Å²) in [7, 11) is -1.89. The van der Waals surface area contributed by atoms with Crippen molar-refractivity contribution in [1.82, 2.24) is 15.2 Å². The first-order valence-electron chi connectivity index (χ1n) is 12.0. The quantitative estimate of drug-likeness (QED) is 0.487. The van der Waals surface area contributed by atoms with Gasteiger partial charge in [0.2, 0.25) is 5.91 Å². The predicted octanol–water partition coefficient (Wildman–Crippen LogP) is 3.60. The Bertz CT molecular complexity index is 1460. The zero-order valence-corrected chi connectivity index (χ0v) is 22.9. The number of pyridine rings is 1. The number of anilines is 1. The van der Waals surface area contributed by atoms with E-state index < -0.39 is 21.5 Å². The second kappa shape index (κ2) is 10.4. The summed E-state index contributed by atoms with van der Waals surface area (Å²) in [5.41, 5.74) is 0.556. The Hall–Kier alpha value is -3.01. The number of carbonyl (C=O) groups is 2. The number of amides is 1. The van der Waals surface area contributed by atoms with E-state index in [1.54, 1.807) is 49.5 Å². The lowest BCUT2D eigenvalue weighted by Crippen LogP contribution is -2.75. The van der Waals surface area contributed by atoms with Crippen LogP contribution in [0.4, 0.5) is 5.69 Å². The first-order valence-corrected chi connectivity index (χ1v) is 14.1. The van der Waals surface area contributed by atoms with E-state index in [1.165, 1.54) is 6.92 Å². The van der Waals surface area contributed by atoms with Crippen molar-refractivity contribution in [3.05, 3.63) is 65.4 Å². The van der Waals surface area contributed by atoms with Crippen molar-refractivity contribution in [3.8, 4) is 0 Å². The second-order valence-corrected chi connectivity index (χ2v) is 12.2. The molecule has 1 aliphatic heterocycles. The second-order valence-electron chi connectivity index (χ2n) is 9.69. The standard InChI is InChI=1S/C27H31ClN4O4S/c1-18-15-23(9-11-29-18)32-13-12-31(4)27(3,30-19(2)33)26(32)25(34)10-14-37(35,36)24-8-6-20-16-22(28)7-5-21(20)17-24/h5-9,11,15-17,26H,10,12-14H2,1-4H3,(H,30,33). The number of piperazine rings is 1. The summed E-state index contributed by atoms with van der Waals surface area (Å²) >= 11 is 6.04. The van der Waals surface area contributed by atoms with Gasteiger partial charge in [0.1, 0.15) is 11.7 Å². The minimum atomic E-state index is -3.74. The third-order valence-corrected chi connectivity index (χ3v) is 8.96. The number of ketones is 1. The molecule has 0 aliphatic carbocycles. The number of hydrogen-bond acceptors (Lipinski definition) is 7. The number of fused-ring (bicyclic) bond motifs is 1. The van der Waals surface area contributed by atoms with E-state index in [1.807, 2.05) is 35.9 Å². The van der Waals surface area contributed by atoms with Crippen molar-refractivity contribution < 1.29 is 18.0 Å². The zero-order chi connectivity index (χ0) is 27.0. The van der Waals surface area contributed by atoms with Gasteiger partial charge < -0.3 is 10.2 Å². The van der Waals surface area contributed by atoms with Crippen LogP contribution in [0.3, 0.4) is 0 Å². The van der Waals surface area contributed by atoms with Gasteiger partial charge in [0.05, 0.1) is 10.6 Å². The lowest BCUT2D eigenvalue weighted by atomic mass is 9.90. The normalized spacial score (nSPS) is 20.7. The average molecular weight is 543 g/mol. The third kappa shape index (κ3) is 5.63. The third-order valence-electron chi connectivity index (χ3n) is 7.01. The fourth-order valence-electron chi connectivity index (χ4n) is 5.00. The summed E-state index contributed by atoms with van der Waals surface area (Å²) in [5, 5.41) is 5.12. The number of aryl methyl sites for hydroxylation is 1. The van der Waals surface area contributed by atoms with Gasteiger partial charge in [-0.05, 0) is 68.1 Å². The van der Waals surface area contributed by atoms with Crippen molar-refractivity contribution in [2.24, 2.45) is 0 Å². The number of halogens is 1. The molecule has 0 radical (unpaired) electrons. The number of Topliss-reactive ketones (excluding diaryl/α,β-unsaturated/α-hetero) is 1. The van der Waals surface area contributed by atoms with Crippen LogP contribution in [-0.4, -0.2) is 67.6 Å². The Balaban J connectivity index is 1.64. The summed E-state index contributed by atoms with van der Waals surface area (Å²) < 4.78 is 26.5. The topological polar surface area (TPSA) is 99.7 Å². The molecule has 0 saturated carbocycles. The first kappa shape index (κ1) is 27.0. The average Bonchev–Trinajstić information content (AvgIpc) is 2.83. The molecule has 4 rings (SSSR count). The Kier molecular flexibility index (Phi) is 7.60. The number of carbonyl (C=O) groups excluding carboxylic acids is 2. The Morgan fingerprint density at radius 2 is 1.81 bits per heavy atom. The fraction of sp³-hybridized carbons (Fsp3) is 0.370. The molecule has 1 saturated heterocycles. The number of benzene rings is 2. The molecule has 2 heterocycles. The number of nitrogens with zero attached hydrogens (tertiary/aromatic N) is 3. The highest BCUT2D eigenvalue weighted by Crippen LogP contribution is 2.31. The van der Waals surface area contributed by atoms with E-state index in [-0.39, 0.29) is 28.8 Å². The van der Waals surface area contributed by atoms with Crippen LogP contribution in [-0.2, 0) is 19.4 Å². The van der Waals surface area contributed by atoms with Gasteiger partial charge in [-0.2, -0.15) is 0 Å². The van der Waals surface area contributed by atoms with E-state index in [4.69, 9.17) is 11.6 Å². The molecule has 1 N–H and O–H groups in total. The van der Waals surface area contributed by atoms with Crippen molar-refractivity contribution >= 4 is 49.6 Å². The van der Waals surface area contributed by atoms with E-state index in [0.29, 0.717) is 18.1 Å². The van der Waals surface area contributed by atoms with Crippen LogP contribution in [0.15, 0.2) is 59.6 Å². The number of sulfone groups is 1. The smallest absolute Gasteiger partial charge is 0.218 e. The monoisotopic (exact) mass is 542 g/mol. The molecular weight excluding hydrogens is 512 g/mol. The van der Waals surface area contributed by atoms with Gasteiger partial charge in [-0.15, -0.1) is 0 Å². The molecule has 1 fully saturated rings. The Labute approximate surface area is 222 Å². The van der Waals surface area contributed by atoms with E-state index >= 15 is 0 Å². The van der Waals surface area contributed by atoms with Crippen molar-refractivity contribution in [2.45, 2.75) is 43.8 Å². The first-order chi connectivity index (χ1) is 17.4. The molecule has 1 aromatic heterocycles. The summed E-state index contributed by atoms with van der Waals surface area (Å²) in [6.45, 7) is 6.22.